The van der Waals surface area contributed by atoms with Crippen LogP contribution in [0.3, 0.4) is 0 Å². The number of thioether (sulfide) groups is 1. The molecule has 1 N–H and O–H groups in total. The number of carbonyl (C=O) groups excluding carboxylic acids is 1. The Labute approximate surface area is 124 Å². The molecule has 1 atom stereocenters. The molecule has 0 fully saturated rings. The minimum Gasteiger partial charge on any atom is -0.272 e. The van der Waals surface area contributed by atoms with Crippen molar-refractivity contribution in [3.63, 3.8) is 0 Å². The van der Waals surface area contributed by atoms with Crippen molar-refractivity contribution in [3.8, 4) is 0 Å². The fourth-order valence-electron chi connectivity index (χ4n) is 2.30. The third kappa shape index (κ3) is 3.76. The highest BCUT2D eigenvalue weighted by Crippen LogP contribution is 2.36. The van der Waals surface area contributed by atoms with Gasteiger partial charge in [-0.15, -0.1) is 11.8 Å². The molecule has 1 aliphatic rings. The van der Waals surface area contributed by atoms with Crippen LogP contribution in [0.5, 0.6) is 0 Å². The van der Waals surface area contributed by atoms with Crippen molar-refractivity contribution in [2.24, 2.45) is 5.92 Å². The van der Waals surface area contributed by atoms with Crippen LogP contribution in [0.2, 0.25) is 0 Å². The molecule has 0 saturated carbocycles. The molecule has 0 spiro atoms. The van der Waals surface area contributed by atoms with Gasteiger partial charge < -0.3 is 0 Å². The highest BCUT2D eigenvalue weighted by Gasteiger charge is 2.29. The number of benzene rings is 1. The van der Waals surface area contributed by atoms with Gasteiger partial charge in [0, 0.05) is 0 Å². The van der Waals surface area contributed by atoms with Crippen LogP contribution in [0.1, 0.15) is 30.2 Å². The first-order valence-corrected chi connectivity index (χ1v) is 9.33. The number of carbonyl (C=O) groups is 1. The van der Waals surface area contributed by atoms with Crippen LogP contribution in [0, 0.1) is 5.92 Å². The second kappa shape index (κ2) is 6.18. The van der Waals surface area contributed by atoms with E-state index in [-0.39, 0.29) is 11.7 Å². The Bertz CT molecular complexity index is 596. The fraction of sp³-hybridized carbons (Fsp3) is 0.500. The molecule has 0 unspecified atom stereocenters. The van der Waals surface area contributed by atoms with Gasteiger partial charge >= 0.3 is 0 Å². The second-order valence-electron chi connectivity index (χ2n) is 5.34. The molecule has 1 aromatic carbocycles. The van der Waals surface area contributed by atoms with Gasteiger partial charge in [-0.05, 0) is 29.2 Å². The molecule has 0 aliphatic carbocycles. The Kier molecular flexibility index (Phi) is 4.75. The first kappa shape index (κ1) is 15.4. The smallest absolute Gasteiger partial charge is 0.251 e. The summed E-state index contributed by atoms with van der Waals surface area (Å²) in [5, 5.41) is -0.429. The van der Waals surface area contributed by atoms with E-state index < -0.39 is 21.2 Å². The molecule has 1 aliphatic heterocycles. The average molecular weight is 313 g/mol. The molecule has 1 heterocycles. The van der Waals surface area contributed by atoms with E-state index in [4.69, 9.17) is 0 Å². The van der Waals surface area contributed by atoms with Crippen molar-refractivity contribution in [1.82, 2.24) is 4.72 Å². The number of sulfonamides is 1. The Morgan fingerprint density at radius 3 is 2.80 bits per heavy atom. The number of amides is 1. The summed E-state index contributed by atoms with van der Waals surface area (Å²) < 4.78 is 25.9. The van der Waals surface area contributed by atoms with E-state index in [0.717, 1.165) is 23.3 Å². The second-order valence-corrected chi connectivity index (χ2v) is 8.32. The van der Waals surface area contributed by atoms with Crippen LogP contribution >= 0.6 is 11.8 Å². The van der Waals surface area contributed by atoms with Crippen molar-refractivity contribution < 1.29 is 13.2 Å². The summed E-state index contributed by atoms with van der Waals surface area (Å²) in [6.45, 7) is 3.63. The van der Waals surface area contributed by atoms with E-state index in [0.29, 0.717) is 0 Å². The molecular weight excluding hydrogens is 294 g/mol. The summed E-state index contributed by atoms with van der Waals surface area (Å²) in [5.74, 6) is 0.367. The van der Waals surface area contributed by atoms with Gasteiger partial charge in [0.25, 0.3) is 5.91 Å². The molecule has 1 aromatic rings. The molecular formula is C14H19NO3S2. The zero-order valence-corrected chi connectivity index (χ0v) is 13.3. The van der Waals surface area contributed by atoms with Crippen LogP contribution in [0.25, 0.3) is 0 Å². The maximum Gasteiger partial charge on any atom is 0.251 e. The van der Waals surface area contributed by atoms with Gasteiger partial charge in [-0.3, -0.25) is 9.52 Å². The zero-order valence-electron chi connectivity index (χ0n) is 11.6. The summed E-state index contributed by atoms with van der Waals surface area (Å²) in [6.07, 6.45) is 0.920. The molecule has 1 amide bonds. The van der Waals surface area contributed by atoms with Crippen molar-refractivity contribution in [2.45, 2.75) is 25.5 Å². The summed E-state index contributed by atoms with van der Waals surface area (Å²) >= 11 is 1.50. The van der Waals surface area contributed by atoms with Crippen LogP contribution in [0.15, 0.2) is 24.3 Å². The summed E-state index contributed by atoms with van der Waals surface area (Å²) in [4.78, 5) is 12.2. The summed E-state index contributed by atoms with van der Waals surface area (Å²) in [6, 6.07) is 7.73. The van der Waals surface area contributed by atoms with Gasteiger partial charge in [0.2, 0.25) is 10.0 Å². The largest absolute Gasteiger partial charge is 0.272 e. The van der Waals surface area contributed by atoms with E-state index >= 15 is 0 Å². The van der Waals surface area contributed by atoms with Gasteiger partial charge in [-0.2, -0.15) is 0 Å². The van der Waals surface area contributed by atoms with Gasteiger partial charge in [-0.25, -0.2) is 8.42 Å². The number of hydrogen-bond donors (Lipinski definition) is 1. The SMILES string of the molecule is CC(C)CS(=O)(=O)NC(=O)[C@@H]1SCCc2ccccc21. The first-order valence-electron chi connectivity index (χ1n) is 6.63. The van der Waals surface area contributed by atoms with Crippen LogP contribution < -0.4 is 4.72 Å². The van der Waals surface area contributed by atoms with Gasteiger partial charge in [0.15, 0.2) is 0 Å². The maximum absolute atomic E-state index is 12.2. The minimum absolute atomic E-state index is 0.00778. The van der Waals surface area contributed by atoms with E-state index in [2.05, 4.69) is 4.72 Å². The molecule has 0 aromatic heterocycles. The lowest BCUT2D eigenvalue weighted by Crippen LogP contribution is -2.37. The van der Waals surface area contributed by atoms with Crippen molar-refractivity contribution in [2.75, 3.05) is 11.5 Å². The monoisotopic (exact) mass is 313 g/mol. The Morgan fingerprint density at radius 2 is 2.10 bits per heavy atom. The molecule has 0 radical (unpaired) electrons. The number of rotatable bonds is 4. The highest BCUT2D eigenvalue weighted by molar-refractivity contribution is 8.00. The third-order valence-corrected chi connectivity index (χ3v) is 5.90. The first-order chi connectivity index (χ1) is 9.39. The number of fused-ring (bicyclic) bond motifs is 1. The van der Waals surface area contributed by atoms with E-state index in [1.807, 2.05) is 38.1 Å². The van der Waals surface area contributed by atoms with Crippen LogP contribution in [0.4, 0.5) is 0 Å². The summed E-state index contributed by atoms with van der Waals surface area (Å²) in [5.41, 5.74) is 2.06. The van der Waals surface area contributed by atoms with Crippen LogP contribution in [-0.2, 0) is 21.2 Å². The molecule has 6 heteroatoms. The van der Waals surface area contributed by atoms with Gasteiger partial charge in [-0.1, -0.05) is 38.1 Å². The van der Waals surface area contributed by atoms with Crippen molar-refractivity contribution in [1.29, 1.82) is 0 Å². The predicted octanol–water partition coefficient (Wildman–Crippen LogP) is 2.12. The lowest BCUT2D eigenvalue weighted by molar-refractivity contribution is -0.118. The topological polar surface area (TPSA) is 63.2 Å². The Morgan fingerprint density at radius 1 is 1.40 bits per heavy atom. The maximum atomic E-state index is 12.2. The minimum atomic E-state index is -3.54. The third-order valence-electron chi connectivity index (χ3n) is 3.04. The van der Waals surface area contributed by atoms with Crippen LogP contribution in [-0.4, -0.2) is 25.8 Å². The lowest BCUT2D eigenvalue weighted by Gasteiger charge is -2.24. The zero-order chi connectivity index (χ0) is 14.8. The lowest BCUT2D eigenvalue weighted by atomic mass is 10.0. The molecule has 20 heavy (non-hydrogen) atoms. The molecule has 0 bridgehead atoms. The Balaban J connectivity index is 2.15. The van der Waals surface area contributed by atoms with E-state index in [9.17, 15) is 13.2 Å². The highest BCUT2D eigenvalue weighted by atomic mass is 32.2. The van der Waals surface area contributed by atoms with E-state index in [1.165, 1.54) is 11.8 Å². The van der Waals surface area contributed by atoms with Gasteiger partial charge in [0.05, 0.1) is 5.75 Å². The fourth-order valence-corrected chi connectivity index (χ4v) is 4.95. The normalized spacial score (nSPS) is 18.6. The van der Waals surface area contributed by atoms with Crippen molar-refractivity contribution >= 4 is 27.7 Å². The number of aryl methyl sites for hydroxylation is 1. The summed E-state index contributed by atoms with van der Waals surface area (Å²) in [7, 11) is -3.54. The standard InChI is InChI=1S/C14H19NO3S2/c1-10(2)9-20(17,18)15-14(16)13-12-6-4-3-5-11(12)7-8-19-13/h3-6,10,13H,7-9H2,1-2H3,(H,15,16)/t13-/m1/s1. The number of hydrogen-bond acceptors (Lipinski definition) is 4. The quantitative estimate of drug-likeness (QED) is 0.925. The molecule has 4 nitrogen and oxygen atoms in total. The van der Waals surface area contributed by atoms with Crippen molar-refractivity contribution in [3.05, 3.63) is 35.4 Å². The van der Waals surface area contributed by atoms with Gasteiger partial charge in [0.1, 0.15) is 5.25 Å². The molecule has 110 valence electrons. The Hall–Kier alpha value is -1.01. The predicted molar refractivity (Wildman–Crippen MR) is 82.1 cm³/mol. The average Bonchev–Trinajstić information content (AvgIpc) is 2.35. The molecule has 0 saturated heterocycles. The number of nitrogens with one attached hydrogen (secondary N) is 1. The molecule has 2 rings (SSSR count). The van der Waals surface area contributed by atoms with E-state index in [1.54, 1.807) is 0 Å².